The number of fused-ring (bicyclic) bond motifs is 1. The number of carbonyl (C=O) groups excluding carboxylic acids is 2. The maximum absolute atomic E-state index is 12.8. The van der Waals surface area contributed by atoms with Gasteiger partial charge in [0.2, 0.25) is 0 Å². The summed E-state index contributed by atoms with van der Waals surface area (Å²) in [6.45, 7) is 5.19. The first-order chi connectivity index (χ1) is 12.9. The van der Waals surface area contributed by atoms with E-state index in [0.717, 1.165) is 16.7 Å². The minimum atomic E-state index is -0.370. The average molecular weight is 367 g/mol. The summed E-state index contributed by atoms with van der Waals surface area (Å²) in [4.78, 5) is 25.6. The molecule has 27 heavy (non-hydrogen) atoms. The van der Waals surface area contributed by atoms with Crippen LogP contribution in [0.25, 0.3) is 6.08 Å². The van der Waals surface area contributed by atoms with Gasteiger partial charge in [-0.1, -0.05) is 12.1 Å². The molecule has 0 N–H and O–H groups in total. The molecule has 0 unspecified atom stereocenters. The highest BCUT2D eigenvalue weighted by molar-refractivity contribution is 6.09. The van der Waals surface area contributed by atoms with Crippen molar-refractivity contribution in [1.29, 1.82) is 0 Å². The van der Waals surface area contributed by atoms with E-state index < -0.39 is 0 Å². The summed E-state index contributed by atoms with van der Waals surface area (Å²) in [5.41, 5.74) is 3.05. The number of methoxy groups -OCH3 is 1. The topological polar surface area (TPSA) is 65.1 Å². The number of para-hydroxylation sites is 2. The van der Waals surface area contributed by atoms with Crippen LogP contribution in [0.4, 0.5) is 5.69 Å². The highest BCUT2D eigenvalue weighted by atomic mass is 16.5. The van der Waals surface area contributed by atoms with Crippen molar-refractivity contribution >= 4 is 23.6 Å². The summed E-state index contributed by atoms with van der Waals surface area (Å²) < 4.78 is 16.3. The molecule has 1 aliphatic rings. The number of nitrogens with zero attached hydrogens (tertiary/aromatic N) is 1. The fourth-order valence-corrected chi connectivity index (χ4v) is 3.04. The molecule has 0 atom stereocenters. The van der Waals surface area contributed by atoms with Gasteiger partial charge in [0.05, 0.1) is 5.69 Å². The van der Waals surface area contributed by atoms with E-state index in [-0.39, 0.29) is 24.4 Å². The van der Waals surface area contributed by atoms with E-state index in [1.807, 2.05) is 44.2 Å². The monoisotopic (exact) mass is 367 g/mol. The largest absolute Gasteiger partial charge is 0.449 e. The molecular weight excluding hydrogens is 346 g/mol. The summed E-state index contributed by atoms with van der Waals surface area (Å²) >= 11 is 0. The highest BCUT2D eigenvalue weighted by Crippen LogP contribution is 2.36. The predicted octanol–water partition coefficient (Wildman–Crippen LogP) is 3.60. The van der Waals surface area contributed by atoms with Crippen LogP contribution in [0, 0.1) is 13.8 Å². The van der Waals surface area contributed by atoms with Crippen LogP contribution < -0.4 is 14.4 Å². The molecule has 0 aromatic heterocycles. The maximum Gasteiger partial charge on any atom is 0.308 e. The second-order valence-electron chi connectivity index (χ2n) is 6.31. The number of carbonyl (C=O) groups is 2. The third kappa shape index (κ3) is 3.85. The van der Waals surface area contributed by atoms with Crippen molar-refractivity contribution in [3.05, 3.63) is 58.8 Å². The molecule has 6 heteroatoms. The van der Waals surface area contributed by atoms with E-state index in [2.05, 4.69) is 0 Å². The number of esters is 1. The SMILES string of the molecule is COCN1C(=O)C(=Cc2cc(C)c(OC(C)=O)c(C)c2)Oc2ccccc21. The molecule has 0 bridgehead atoms. The van der Waals surface area contributed by atoms with Gasteiger partial charge in [-0.3, -0.25) is 14.5 Å². The quantitative estimate of drug-likeness (QED) is 0.469. The van der Waals surface area contributed by atoms with Crippen molar-refractivity contribution in [2.45, 2.75) is 20.8 Å². The van der Waals surface area contributed by atoms with Crippen molar-refractivity contribution in [3.63, 3.8) is 0 Å². The number of rotatable bonds is 4. The Kier molecular flexibility index (Phi) is 5.28. The van der Waals surface area contributed by atoms with Gasteiger partial charge in [0.25, 0.3) is 5.91 Å². The van der Waals surface area contributed by atoms with Crippen molar-refractivity contribution in [3.8, 4) is 11.5 Å². The van der Waals surface area contributed by atoms with Gasteiger partial charge in [0.15, 0.2) is 11.5 Å². The van der Waals surface area contributed by atoms with Crippen LogP contribution in [-0.4, -0.2) is 25.7 Å². The number of hydrogen-bond acceptors (Lipinski definition) is 5. The van der Waals surface area contributed by atoms with Gasteiger partial charge in [-0.05, 0) is 60.9 Å². The molecule has 1 heterocycles. The Morgan fingerprint density at radius 3 is 2.48 bits per heavy atom. The van der Waals surface area contributed by atoms with Crippen LogP contribution in [0.5, 0.6) is 11.5 Å². The number of aryl methyl sites for hydroxylation is 2. The Bertz CT molecular complexity index is 909. The fourth-order valence-electron chi connectivity index (χ4n) is 3.04. The maximum atomic E-state index is 12.8. The van der Waals surface area contributed by atoms with E-state index in [1.165, 1.54) is 18.9 Å². The first-order valence-electron chi connectivity index (χ1n) is 8.49. The fraction of sp³-hybridized carbons (Fsp3) is 0.238. The van der Waals surface area contributed by atoms with Crippen LogP contribution in [0.1, 0.15) is 23.6 Å². The molecule has 0 aliphatic carbocycles. The van der Waals surface area contributed by atoms with E-state index in [9.17, 15) is 9.59 Å². The van der Waals surface area contributed by atoms with E-state index in [1.54, 1.807) is 12.1 Å². The number of benzene rings is 2. The smallest absolute Gasteiger partial charge is 0.308 e. The van der Waals surface area contributed by atoms with Gasteiger partial charge in [-0.15, -0.1) is 0 Å². The Hall–Kier alpha value is -3.12. The molecule has 0 fully saturated rings. The van der Waals surface area contributed by atoms with Crippen molar-refractivity contribution in [2.75, 3.05) is 18.7 Å². The second-order valence-corrected chi connectivity index (χ2v) is 6.31. The lowest BCUT2D eigenvalue weighted by atomic mass is 10.0. The summed E-state index contributed by atoms with van der Waals surface area (Å²) in [7, 11) is 1.54. The van der Waals surface area contributed by atoms with E-state index in [4.69, 9.17) is 14.2 Å². The molecule has 1 aliphatic heterocycles. The summed E-state index contributed by atoms with van der Waals surface area (Å²) in [5.74, 6) is 0.668. The molecule has 140 valence electrons. The first-order valence-corrected chi connectivity index (χ1v) is 8.49. The lowest BCUT2D eigenvalue weighted by Crippen LogP contribution is -2.38. The number of hydrogen-bond donors (Lipinski definition) is 0. The van der Waals surface area contributed by atoms with Gasteiger partial charge in [0, 0.05) is 14.0 Å². The van der Waals surface area contributed by atoms with Crippen LogP contribution in [0.15, 0.2) is 42.2 Å². The number of ether oxygens (including phenoxy) is 3. The van der Waals surface area contributed by atoms with Crippen LogP contribution in [0.2, 0.25) is 0 Å². The van der Waals surface area contributed by atoms with Gasteiger partial charge in [-0.2, -0.15) is 0 Å². The zero-order valence-corrected chi connectivity index (χ0v) is 15.7. The molecule has 0 spiro atoms. The first kappa shape index (κ1) is 18.7. The summed E-state index contributed by atoms with van der Waals surface area (Å²) in [5, 5.41) is 0. The molecule has 1 amide bonds. The van der Waals surface area contributed by atoms with Gasteiger partial charge in [0.1, 0.15) is 12.5 Å². The summed E-state index contributed by atoms with van der Waals surface area (Å²) in [6, 6.07) is 11.0. The Balaban J connectivity index is 2.00. The van der Waals surface area contributed by atoms with Gasteiger partial charge >= 0.3 is 5.97 Å². The van der Waals surface area contributed by atoms with Crippen molar-refractivity contribution < 1.29 is 23.8 Å². The molecule has 6 nitrogen and oxygen atoms in total. The average Bonchev–Trinajstić information content (AvgIpc) is 2.61. The molecule has 3 rings (SSSR count). The molecular formula is C21H21NO5. The predicted molar refractivity (Wildman–Crippen MR) is 102 cm³/mol. The lowest BCUT2D eigenvalue weighted by molar-refractivity contribution is -0.132. The third-order valence-electron chi connectivity index (χ3n) is 4.12. The van der Waals surface area contributed by atoms with Crippen LogP contribution >= 0.6 is 0 Å². The Morgan fingerprint density at radius 2 is 1.85 bits per heavy atom. The standard InChI is InChI=1S/C21H21NO5/c1-13-9-16(10-14(2)20(13)26-15(3)23)11-19-21(24)22(12-25-4)17-7-5-6-8-18(17)27-19/h5-11H,12H2,1-4H3. The summed E-state index contributed by atoms with van der Waals surface area (Å²) in [6.07, 6.45) is 1.68. The van der Waals surface area contributed by atoms with Gasteiger partial charge < -0.3 is 14.2 Å². The third-order valence-corrected chi connectivity index (χ3v) is 4.12. The van der Waals surface area contributed by atoms with Crippen molar-refractivity contribution in [1.82, 2.24) is 0 Å². The Morgan fingerprint density at radius 1 is 1.19 bits per heavy atom. The van der Waals surface area contributed by atoms with E-state index >= 15 is 0 Å². The Labute approximate surface area is 158 Å². The second kappa shape index (κ2) is 7.63. The number of anilines is 1. The zero-order valence-electron chi connectivity index (χ0n) is 15.7. The normalized spacial score (nSPS) is 14.7. The molecule has 2 aromatic rings. The lowest BCUT2D eigenvalue weighted by Gasteiger charge is -2.29. The molecule has 0 radical (unpaired) electrons. The molecule has 2 aromatic carbocycles. The highest BCUT2D eigenvalue weighted by Gasteiger charge is 2.30. The van der Waals surface area contributed by atoms with Crippen molar-refractivity contribution in [2.24, 2.45) is 0 Å². The molecule has 0 saturated heterocycles. The van der Waals surface area contributed by atoms with Gasteiger partial charge in [-0.25, -0.2) is 0 Å². The van der Waals surface area contributed by atoms with Crippen LogP contribution in [-0.2, 0) is 14.3 Å². The molecule has 0 saturated carbocycles. The minimum absolute atomic E-state index is 0.125. The zero-order chi connectivity index (χ0) is 19.6. The van der Waals surface area contributed by atoms with E-state index in [0.29, 0.717) is 17.2 Å². The number of amides is 1. The van der Waals surface area contributed by atoms with Crippen LogP contribution in [0.3, 0.4) is 0 Å². The minimum Gasteiger partial charge on any atom is -0.449 e.